The molecular formula is C15H32. The van der Waals surface area contributed by atoms with Gasteiger partial charge in [-0.15, -0.1) is 0 Å². The number of unbranched alkanes of at least 4 members (excludes halogenated alkanes) is 2. The summed E-state index contributed by atoms with van der Waals surface area (Å²) in [4.78, 5) is 0. The Morgan fingerprint density at radius 1 is 0.800 bits per heavy atom. The Morgan fingerprint density at radius 2 is 1.20 bits per heavy atom. The summed E-state index contributed by atoms with van der Waals surface area (Å²) in [6.07, 6.45) is 14.8. The van der Waals surface area contributed by atoms with Gasteiger partial charge in [-0.1, -0.05) is 66.2 Å². The van der Waals surface area contributed by atoms with Crippen LogP contribution in [0.3, 0.4) is 0 Å². The van der Waals surface area contributed by atoms with Gasteiger partial charge in [0.1, 0.15) is 0 Å². The van der Waals surface area contributed by atoms with Crippen LogP contribution in [0.25, 0.3) is 0 Å². The van der Waals surface area contributed by atoms with Crippen LogP contribution in [0.15, 0.2) is 0 Å². The van der Waals surface area contributed by atoms with Crippen LogP contribution >= 0.6 is 0 Å². The molecular weight excluding hydrogens is 180 g/mol. The molecule has 1 fully saturated rings. The molecule has 1 rings (SSSR count). The predicted octanol–water partition coefficient (Wildman–Crippen LogP) is 5.95. The molecule has 0 radical (unpaired) electrons. The summed E-state index contributed by atoms with van der Waals surface area (Å²) in [7, 11) is 0. The zero-order chi connectivity index (χ0) is 11.6. The molecule has 0 aromatic heterocycles. The van der Waals surface area contributed by atoms with Crippen molar-refractivity contribution < 1.29 is 0 Å². The highest BCUT2D eigenvalue weighted by Gasteiger charge is 2.31. The molecule has 0 heterocycles. The van der Waals surface area contributed by atoms with Crippen molar-refractivity contribution in [3.8, 4) is 0 Å². The Hall–Kier alpha value is 0. The van der Waals surface area contributed by atoms with E-state index in [0.29, 0.717) is 0 Å². The van der Waals surface area contributed by atoms with Gasteiger partial charge in [0.05, 0.1) is 0 Å². The quantitative estimate of drug-likeness (QED) is 0.510. The van der Waals surface area contributed by atoms with Gasteiger partial charge in [0.2, 0.25) is 0 Å². The Labute approximate surface area is 97.8 Å². The zero-order valence-corrected chi connectivity index (χ0v) is 11.6. The lowest BCUT2D eigenvalue weighted by Gasteiger charge is -2.28. The standard InChI is InChI=1S/C13H26.C2H6/c1-3-5-9-13(10-6-4-2)11-7-8-12-13;1-2/h3-12H2,1-2H3;1-2H3. The summed E-state index contributed by atoms with van der Waals surface area (Å²) in [5.41, 5.74) is 0.798. The first-order valence-electron chi connectivity index (χ1n) is 7.33. The van der Waals surface area contributed by atoms with Gasteiger partial charge in [0.25, 0.3) is 0 Å². The topological polar surface area (TPSA) is 0 Å². The third kappa shape index (κ3) is 5.58. The molecule has 0 aromatic rings. The number of hydrogen-bond donors (Lipinski definition) is 0. The van der Waals surface area contributed by atoms with Gasteiger partial charge in [-0.25, -0.2) is 0 Å². The van der Waals surface area contributed by atoms with Gasteiger partial charge in [-0.05, 0) is 31.1 Å². The van der Waals surface area contributed by atoms with Crippen molar-refractivity contribution in [2.24, 2.45) is 5.41 Å². The fourth-order valence-electron chi connectivity index (χ4n) is 2.85. The van der Waals surface area contributed by atoms with E-state index in [2.05, 4.69) is 13.8 Å². The lowest BCUT2D eigenvalue weighted by atomic mass is 9.77. The van der Waals surface area contributed by atoms with Crippen LogP contribution in [-0.4, -0.2) is 0 Å². The molecule has 0 N–H and O–H groups in total. The summed E-state index contributed by atoms with van der Waals surface area (Å²) in [6.45, 7) is 8.64. The van der Waals surface area contributed by atoms with Gasteiger partial charge >= 0.3 is 0 Å². The van der Waals surface area contributed by atoms with E-state index in [1.54, 1.807) is 0 Å². The maximum absolute atomic E-state index is 2.32. The second-order valence-corrected chi connectivity index (χ2v) is 4.91. The zero-order valence-electron chi connectivity index (χ0n) is 11.6. The average Bonchev–Trinajstić information content (AvgIpc) is 2.76. The monoisotopic (exact) mass is 212 g/mol. The van der Waals surface area contributed by atoms with E-state index in [0.717, 1.165) is 5.41 Å². The average molecular weight is 212 g/mol. The predicted molar refractivity (Wildman–Crippen MR) is 71.3 cm³/mol. The maximum atomic E-state index is 2.32. The van der Waals surface area contributed by atoms with Gasteiger partial charge in [0, 0.05) is 0 Å². The summed E-state index contributed by atoms with van der Waals surface area (Å²) in [6, 6.07) is 0. The molecule has 0 spiro atoms. The molecule has 0 atom stereocenters. The lowest BCUT2D eigenvalue weighted by Crippen LogP contribution is -2.15. The Morgan fingerprint density at radius 3 is 1.53 bits per heavy atom. The van der Waals surface area contributed by atoms with Crippen molar-refractivity contribution in [3.63, 3.8) is 0 Å². The minimum absolute atomic E-state index is 0.798. The molecule has 1 saturated carbocycles. The minimum Gasteiger partial charge on any atom is -0.0683 e. The van der Waals surface area contributed by atoms with Gasteiger partial charge in [0.15, 0.2) is 0 Å². The van der Waals surface area contributed by atoms with Crippen LogP contribution in [0.1, 0.15) is 91.9 Å². The normalized spacial score (nSPS) is 18.4. The molecule has 0 aliphatic heterocycles. The van der Waals surface area contributed by atoms with Crippen molar-refractivity contribution in [2.75, 3.05) is 0 Å². The second-order valence-electron chi connectivity index (χ2n) is 4.91. The fraction of sp³-hybridized carbons (Fsp3) is 1.00. The second kappa shape index (κ2) is 9.24. The van der Waals surface area contributed by atoms with Crippen molar-refractivity contribution >= 4 is 0 Å². The van der Waals surface area contributed by atoms with Gasteiger partial charge < -0.3 is 0 Å². The van der Waals surface area contributed by atoms with E-state index in [9.17, 15) is 0 Å². The van der Waals surface area contributed by atoms with Crippen LogP contribution in [0.4, 0.5) is 0 Å². The summed E-state index contributed by atoms with van der Waals surface area (Å²) in [5, 5.41) is 0. The van der Waals surface area contributed by atoms with Crippen LogP contribution in [0.2, 0.25) is 0 Å². The van der Waals surface area contributed by atoms with E-state index in [1.807, 2.05) is 13.8 Å². The highest BCUT2D eigenvalue weighted by molar-refractivity contribution is 4.84. The highest BCUT2D eigenvalue weighted by Crippen LogP contribution is 2.46. The molecule has 1 aliphatic carbocycles. The van der Waals surface area contributed by atoms with Crippen molar-refractivity contribution in [3.05, 3.63) is 0 Å². The smallest absolute Gasteiger partial charge is 0.0297 e. The van der Waals surface area contributed by atoms with Crippen LogP contribution < -0.4 is 0 Å². The van der Waals surface area contributed by atoms with Crippen molar-refractivity contribution in [1.29, 1.82) is 0 Å². The third-order valence-electron chi connectivity index (χ3n) is 3.79. The molecule has 92 valence electrons. The summed E-state index contributed by atoms with van der Waals surface area (Å²) < 4.78 is 0. The van der Waals surface area contributed by atoms with E-state index in [1.165, 1.54) is 64.2 Å². The molecule has 0 bridgehead atoms. The molecule has 0 amide bonds. The number of rotatable bonds is 6. The van der Waals surface area contributed by atoms with Gasteiger partial charge in [-0.2, -0.15) is 0 Å². The first kappa shape index (κ1) is 15.0. The lowest BCUT2D eigenvalue weighted by molar-refractivity contribution is 0.234. The van der Waals surface area contributed by atoms with Crippen LogP contribution in [-0.2, 0) is 0 Å². The summed E-state index contributed by atoms with van der Waals surface area (Å²) >= 11 is 0. The van der Waals surface area contributed by atoms with E-state index in [4.69, 9.17) is 0 Å². The van der Waals surface area contributed by atoms with Crippen LogP contribution in [0.5, 0.6) is 0 Å². The van der Waals surface area contributed by atoms with E-state index in [-0.39, 0.29) is 0 Å². The molecule has 0 nitrogen and oxygen atoms in total. The molecule has 1 aliphatic rings. The maximum Gasteiger partial charge on any atom is -0.0297 e. The third-order valence-corrected chi connectivity index (χ3v) is 3.79. The molecule has 0 heteroatoms. The number of hydrogen-bond acceptors (Lipinski definition) is 0. The molecule has 0 unspecified atom stereocenters. The Kier molecular flexibility index (Phi) is 9.24. The Bertz CT molecular complexity index is 110. The SMILES string of the molecule is CC.CCCCC1(CCCC)CCCC1. The van der Waals surface area contributed by atoms with Crippen LogP contribution in [0, 0.1) is 5.41 Å². The highest BCUT2D eigenvalue weighted by atomic mass is 14.4. The minimum atomic E-state index is 0.798. The van der Waals surface area contributed by atoms with Gasteiger partial charge in [-0.3, -0.25) is 0 Å². The molecule has 0 aromatic carbocycles. The first-order valence-corrected chi connectivity index (χ1v) is 7.33. The van der Waals surface area contributed by atoms with E-state index >= 15 is 0 Å². The fourth-order valence-corrected chi connectivity index (χ4v) is 2.85. The summed E-state index contributed by atoms with van der Waals surface area (Å²) in [5.74, 6) is 0. The first-order chi connectivity index (χ1) is 7.33. The largest absolute Gasteiger partial charge is 0.0683 e. The van der Waals surface area contributed by atoms with E-state index < -0.39 is 0 Å². The molecule has 15 heavy (non-hydrogen) atoms. The molecule has 0 saturated heterocycles. The Balaban J connectivity index is 0.000000921. The van der Waals surface area contributed by atoms with Crippen molar-refractivity contribution in [2.45, 2.75) is 91.9 Å². The van der Waals surface area contributed by atoms with Crippen molar-refractivity contribution in [1.82, 2.24) is 0 Å².